The minimum absolute atomic E-state index is 0.105. The molecule has 7 heteroatoms. The van der Waals surface area contributed by atoms with Crippen LogP contribution in [0.5, 0.6) is 0 Å². The highest BCUT2D eigenvalue weighted by Crippen LogP contribution is 2.55. The number of carbonyl (C=O) groups is 1. The van der Waals surface area contributed by atoms with Gasteiger partial charge in [0.05, 0.1) is 23.0 Å². The Kier molecular flexibility index (Phi) is 3.72. The largest absolute Gasteiger partial charge is 0.459 e. The number of amides is 1. The van der Waals surface area contributed by atoms with Gasteiger partial charge in [-0.25, -0.2) is 4.98 Å². The third-order valence-electron chi connectivity index (χ3n) is 6.06. The second-order valence-electron chi connectivity index (χ2n) is 7.43. The van der Waals surface area contributed by atoms with Gasteiger partial charge >= 0.3 is 0 Å². The summed E-state index contributed by atoms with van der Waals surface area (Å²) >= 11 is 5.96. The molecular formula is C19H20ClN3O3. The molecule has 3 aliphatic heterocycles. The van der Waals surface area contributed by atoms with Crippen LogP contribution in [0.1, 0.15) is 23.4 Å². The van der Waals surface area contributed by atoms with Crippen molar-refractivity contribution in [3.63, 3.8) is 0 Å². The van der Waals surface area contributed by atoms with Gasteiger partial charge in [0.2, 0.25) is 0 Å². The van der Waals surface area contributed by atoms with Crippen molar-refractivity contribution < 1.29 is 13.9 Å². The number of ether oxygens (including phenoxy) is 1. The monoisotopic (exact) mass is 373 g/mol. The van der Waals surface area contributed by atoms with E-state index in [0.717, 1.165) is 31.7 Å². The van der Waals surface area contributed by atoms with Gasteiger partial charge in [-0.2, -0.15) is 0 Å². The molecule has 6 nitrogen and oxygen atoms in total. The number of pyridine rings is 1. The Hall–Kier alpha value is -2.05. The zero-order valence-electron chi connectivity index (χ0n) is 14.2. The Morgan fingerprint density at radius 3 is 3.12 bits per heavy atom. The standard InChI is InChI=1S/C19H20ClN3O3/c20-12-3-4-17(21-8-12)23-10-14-13(15-5-6-19(14,11-23)26-15)9-22-18(24)16-2-1-7-25-16/h1-4,7-8,13-15H,5-6,9-11H2,(H,22,24)/t13-,14+,15+,19+/m0/s1. The summed E-state index contributed by atoms with van der Waals surface area (Å²) in [4.78, 5) is 18.9. The van der Waals surface area contributed by atoms with Gasteiger partial charge in [-0.15, -0.1) is 0 Å². The molecule has 1 spiro atoms. The number of furan rings is 1. The molecule has 3 fully saturated rings. The molecule has 3 saturated heterocycles. The number of nitrogens with one attached hydrogen (secondary N) is 1. The van der Waals surface area contributed by atoms with E-state index in [1.165, 1.54) is 6.26 Å². The summed E-state index contributed by atoms with van der Waals surface area (Å²) in [6.07, 6.45) is 5.56. The molecule has 4 atom stereocenters. The van der Waals surface area contributed by atoms with E-state index in [1.54, 1.807) is 18.3 Å². The zero-order valence-corrected chi connectivity index (χ0v) is 15.0. The molecule has 1 N–H and O–H groups in total. The number of fused-ring (bicyclic) bond motifs is 1. The molecule has 2 bridgehead atoms. The quantitative estimate of drug-likeness (QED) is 0.892. The number of anilines is 1. The van der Waals surface area contributed by atoms with E-state index in [4.69, 9.17) is 20.8 Å². The van der Waals surface area contributed by atoms with Crippen molar-refractivity contribution in [2.45, 2.75) is 24.5 Å². The number of rotatable bonds is 4. The average molecular weight is 374 g/mol. The van der Waals surface area contributed by atoms with E-state index >= 15 is 0 Å². The Balaban J connectivity index is 1.30. The van der Waals surface area contributed by atoms with Gasteiger partial charge in [0.25, 0.3) is 5.91 Å². The SMILES string of the molecule is O=C(NC[C@H]1[C@H]2CN(c3ccc(Cl)cn3)C[C@]23CC[C@H]1O3)c1ccco1. The molecule has 2 aromatic heterocycles. The molecule has 0 saturated carbocycles. The van der Waals surface area contributed by atoms with Gasteiger partial charge in [-0.3, -0.25) is 4.79 Å². The molecule has 0 aromatic carbocycles. The Labute approximate surface area is 156 Å². The maximum Gasteiger partial charge on any atom is 0.286 e. The fourth-order valence-corrected chi connectivity index (χ4v) is 5.01. The Morgan fingerprint density at radius 2 is 2.35 bits per heavy atom. The third kappa shape index (κ3) is 2.51. The number of nitrogens with zero attached hydrogens (tertiary/aromatic N) is 2. The molecule has 1 amide bonds. The molecule has 5 rings (SSSR count). The molecule has 2 aromatic rings. The number of hydrogen-bond acceptors (Lipinski definition) is 5. The molecule has 3 aliphatic rings. The van der Waals surface area contributed by atoms with Crippen LogP contribution in [0.4, 0.5) is 5.82 Å². The van der Waals surface area contributed by atoms with Crippen LogP contribution in [-0.2, 0) is 4.74 Å². The lowest BCUT2D eigenvalue weighted by molar-refractivity contribution is 0.0141. The molecule has 0 radical (unpaired) electrons. The molecular weight excluding hydrogens is 354 g/mol. The molecule has 0 unspecified atom stereocenters. The van der Waals surface area contributed by atoms with Crippen molar-refractivity contribution in [1.82, 2.24) is 10.3 Å². The summed E-state index contributed by atoms with van der Waals surface area (Å²) in [6.45, 7) is 2.36. The number of halogens is 1. The first-order valence-electron chi connectivity index (χ1n) is 9.01. The predicted molar refractivity (Wildman–Crippen MR) is 96.3 cm³/mol. The molecule has 0 aliphatic carbocycles. The van der Waals surface area contributed by atoms with Crippen LogP contribution >= 0.6 is 11.6 Å². The number of hydrogen-bond donors (Lipinski definition) is 1. The lowest BCUT2D eigenvalue weighted by Gasteiger charge is -2.29. The van der Waals surface area contributed by atoms with Gasteiger partial charge in [0.1, 0.15) is 5.82 Å². The topological polar surface area (TPSA) is 67.6 Å². The second-order valence-corrected chi connectivity index (χ2v) is 7.87. The normalized spacial score (nSPS) is 32.0. The molecule has 136 valence electrons. The lowest BCUT2D eigenvalue weighted by atomic mass is 9.73. The number of aromatic nitrogens is 1. The van der Waals surface area contributed by atoms with Crippen molar-refractivity contribution in [3.8, 4) is 0 Å². The van der Waals surface area contributed by atoms with E-state index < -0.39 is 0 Å². The summed E-state index contributed by atoms with van der Waals surface area (Å²) in [5.41, 5.74) is -0.105. The van der Waals surface area contributed by atoms with Gasteiger partial charge in [0, 0.05) is 37.7 Å². The molecule has 26 heavy (non-hydrogen) atoms. The maximum atomic E-state index is 12.2. The van der Waals surface area contributed by atoms with Crippen molar-refractivity contribution in [1.29, 1.82) is 0 Å². The lowest BCUT2D eigenvalue weighted by Crippen LogP contribution is -2.41. The highest BCUT2D eigenvalue weighted by molar-refractivity contribution is 6.30. The number of carbonyl (C=O) groups excluding carboxylic acids is 1. The first kappa shape index (κ1) is 16.1. The Bertz CT molecular complexity index is 810. The highest BCUT2D eigenvalue weighted by Gasteiger charge is 2.63. The average Bonchev–Trinajstić information content (AvgIpc) is 3.40. The van der Waals surface area contributed by atoms with Crippen LogP contribution in [0.25, 0.3) is 0 Å². The first-order chi connectivity index (χ1) is 12.6. The van der Waals surface area contributed by atoms with Crippen LogP contribution < -0.4 is 10.2 Å². The summed E-state index contributed by atoms with van der Waals surface area (Å²) in [5, 5.41) is 3.66. The van der Waals surface area contributed by atoms with E-state index in [2.05, 4.69) is 15.2 Å². The van der Waals surface area contributed by atoms with Gasteiger partial charge in [0.15, 0.2) is 5.76 Å². The van der Waals surface area contributed by atoms with Gasteiger partial charge < -0.3 is 19.4 Å². The highest BCUT2D eigenvalue weighted by atomic mass is 35.5. The van der Waals surface area contributed by atoms with E-state index in [0.29, 0.717) is 29.2 Å². The second kappa shape index (κ2) is 5.99. The third-order valence-corrected chi connectivity index (χ3v) is 6.29. The maximum absolute atomic E-state index is 12.2. The summed E-state index contributed by atoms with van der Waals surface area (Å²) in [7, 11) is 0. The first-order valence-corrected chi connectivity index (χ1v) is 9.38. The van der Waals surface area contributed by atoms with E-state index in [-0.39, 0.29) is 17.6 Å². The summed E-state index contributed by atoms with van der Waals surface area (Å²) in [6, 6.07) is 7.23. The zero-order chi connectivity index (χ0) is 17.7. The summed E-state index contributed by atoms with van der Waals surface area (Å²) in [5.74, 6) is 1.84. The van der Waals surface area contributed by atoms with Crippen molar-refractivity contribution in [2.75, 3.05) is 24.5 Å². The van der Waals surface area contributed by atoms with E-state index in [1.807, 2.05) is 12.1 Å². The summed E-state index contributed by atoms with van der Waals surface area (Å²) < 4.78 is 11.6. The van der Waals surface area contributed by atoms with Crippen LogP contribution in [0.2, 0.25) is 5.02 Å². The fraction of sp³-hybridized carbons (Fsp3) is 0.474. The molecule has 5 heterocycles. The smallest absolute Gasteiger partial charge is 0.286 e. The van der Waals surface area contributed by atoms with Crippen molar-refractivity contribution in [3.05, 3.63) is 47.5 Å². The fourth-order valence-electron chi connectivity index (χ4n) is 4.90. The van der Waals surface area contributed by atoms with Gasteiger partial charge in [-0.05, 0) is 37.1 Å². The van der Waals surface area contributed by atoms with Crippen LogP contribution in [-0.4, -0.2) is 42.2 Å². The van der Waals surface area contributed by atoms with Crippen LogP contribution in [0, 0.1) is 11.8 Å². The Morgan fingerprint density at radius 1 is 1.42 bits per heavy atom. The van der Waals surface area contributed by atoms with Crippen molar-refractivity contribution >= 4 is 23.3 Å². The van der Waals surface area contributed by atoms with Gasteiger partial charge in [-0.1, -0.05) is 11.6 Å². The van der Waals surface area contributed by atoms with Crippen LogP contribution in [0.3, 0.4) is 0 Å². The minimum atomic E-state index is -0.166. The minimum Gasteiger partial charge on any atom is -0.459 e. The predicted octanol–water partition coefficient (Wildman–Crippen LogP) is 2.74. The van der Waals surface area contributed by atoms with E-state index in [9.17, 15) is 4.79 Å². The van der Waals surface area contributed by atoms with Crippen molar-refractivity contribution in [2.24, 2.45) is 11.8 Å². The van der Waals surface area contributed by atoms with Crippen LogP contribution in [0.15, 0.2) is 41.1 Å².